The fraction of sp³-hybridized carbons (Fsp3) is 0.143. The number of phenols is 1. The van der Waals surface area contributed by atoms with Crippen LogP contribution in [0.1, 0.15) is 30.0 Å². The van der Waals surface area contributed by atoms with Crippen LogP contribution in [0.15, 0.2) is 103 Å². The van der Waals surface area contributed by atoms with Crippen molar-refractivity contribution in [3.05, 3.63) is 131 Å². The molecule has 3 aromatic carbocycles. The van der Waals surface area contributed by atoms with Crippen molar-refractivity contribution < 1.29 is 23.4 Å². The van der Waals surface area contributed by atoms with E-state index in [-0.39, 0.29) is 23.5 Å². The molecule has 0 aromatic heterocycles. The molecule has 33 heavy (non-hydrogen) atoms. The first-order valence-corrected chi connectivity index (χ1v) is 10.6. The number of hydrogen-bond donors (Lipinski definition) is 1. The van der Waals surface area contributed by atoms with E-state index in [9.17, 15) is 13.9 Å². The Hall–Kier alpha value is -3.86. The van der Waals surface area contributed by atoms with Gasteiger partial charge in [0.25, 0.3) is 0 Å². The number of phenolic OH excluding ortho intramolecular Hbond substituents is 1. The maximum absolute atomic E-state index is 14.7. The lowest BCUT2D eigenvalue weighted by Crippen LogP contribution is -2.01. The van der Waals surface area contributed by atoms with Crippen molar-refractivity contribution in [3.8, 4) is 5.75 Å². The minimum absolute atomic E-state index is 0.0945. The van der Waals surface area contributed by atoms with Gasteiger partial charge in [-0.15, -0.1) is 0 Å². The van der Waals surface area contributed by atoms with Crippen LogP contribution in [0.3, 0.4) is 0 Å². The third-order valence-corrected chi connectivity index (χ3v) is 4.90. The Morgan fingerprint density at radius 1 is 0.848 bits per heavy atom. The fourth-order valence-electron chi connectivity index (χ4n) is 3.15. The van der Waals surface area contributed by atoms with Crippen LogP contribution >= 0.6 is 0 Å². The molecule has 3 rings (SSSR count). The molecule has 0 unspecified atom stereocenters. The lowest BCUT2D eigenvalue weighted by Gasteiger charge is -2.15. The molecule has 0 saturated carbocycles. The summed E-state index contributed by atoms with van der Waals surface area (Å²) < 4.78 is 41.0. The Morgan fingerprint density at radius 3 is 1.88 bits per heavy atom. The fourth-order valence-corrected chi connectivity index (χ4v) is 3.15. The third kappa shape index (κ3) is 6.81. The van der Waals surface area contributed by atoms with E-state index < -0.39 is 17.4 Å². The number of allylic oxidation sites excluding steroid dienone is 4. The molecular formula is C28H26F2O3. The second-order valence-corrected chi connectivity index (χ2v) is 7.32. The average Bonchev–Trinajstić information content (AvgIpc) is 2.82. The first-order chi connectivity index (χ1) is 16.0. The highest BCUT2D eigenvalue weighted by molar-refractivity contribution is 5.78. The second kappa shape index (κ2) is 11.7. The Bertz CT molecular complexity index is 1110. The van der Waals surface area contributed by atoms with E-state index >= 15 is 0 Å². The molecule has 0 aliphatic heterocycles. The normalized spacial score (nSPS) is 11.8. The summed E-state index contributed by atoms with van der Waals surface area (Å²) in [6.07, 6.45) is 3.76. The molecule has 0 amide bonds. The largest absolute Gasteiger partial charge is 0.508 e. The monoisotopic (exact) mass is 448 g/mol. The zero-order valence-corrected chi connectivity index (χ0v) is 18.4. The molecule has 0 atom stereocenters. The zero-order valence-electron chi connectivity index (χ0n) is 18.4. The molecule has 0 fully saturated rings. The van der Waals surface area contributed by atoms with Crippen molar-refractivity contribution in [3.63, 3.8) is 0 Å². The van der Waals surface area contributed by atoms with Crippen LogP contribution in [0.25, 0.3) is 5.57 Å². The van der Waals surface area contributed by atoms with Gasteiger partial charge in [0.05, 0.1) is 11.3 Å². The number of halogens is 2. The topological polar surface area (TPSA) is 38.7 Å². The lowest BCUT2D eigenvalue weighted by atomic mass is 10.0. The smallest absolute Gasteiger partial charge is 0.137 e. The van der Waals surface area contributed by atoms with Crippen LogP contribution < -0.4 is 0 Å². The molecule has 0 bridgehead atoms. The zero-order chi connectivity index (χ0) is 23.6. The van der Waals surface area contributed by atoms with Gasteiger partial charge in [0, 0.05) is 24.1 Å². The van der Waals surface area contributed by atoms with Gasteiger partial charge in [0.15, 0.2) is 0 Å². The van der Waals surface area contributed by atoms with Gasteiger partial charge < -0.3 is 14.6 Å². The van der Waals surface area contributed by atoms with Crippen LogP contribution in [-0.4, -0.2) is 5.11 Å². The number of hydrogen-bond acceptors (Lipinski definition) is 3. The summed E-state index contributed by atoms with van der Waals surface area (Å²) in [6, 6.07) is 20.8. The van der Waals surface area contributed by atoms with Gasteiger partial charge in [0.2, 0.25) is 0 Å². The molecular weight excluding hydrogens is 422 g/mol. The van der Waals surface area contributed by atoms with Gasteiger partial charge >= 0.3 is 0 Å². The SMILES string of the molecule is C=C(OCc1ccccc1)/C(=C\C=C(/CC)OCc1ccccc1)c1c(F)cc(O)cc1F. The van der Waals surface area contributed by atoms with Crippen LogP contribution in [0.4, 0.5) is 8.78 Å². The maximum atomic E-state index is 14.7. The second-order valence-electron chi connectivity index (χ2n) is 7.32. The Kier molecular flexibility index (Phi) is 8.42. The van der Waals surface area contributed by atoms with Crippen LogP contribution in [-0.2, 0) is 22.7 Å². The van der Waals surface area contributed by atoms with Crippen molar-refractivity contribution >= 4 is 5.57 Å². The predicted molar refractivity (Wildman–Crippen MR) is 126 cm³/mol. The molecule has 3 nitrogen and oxygen atoms in total. The molecule has 3 aromatic rings. The number of aromatic hydroxyl groups is 1. The lowest BCUT2D eigenvalue weighted by molar-refractivity contribution is 0.191. The first kappa shape index (κ1) is 23.8. The summed E-state index contributed by atoms with van der Waals surface area (Å²) in [6.45, 7) is 6.38. The molecule has 0 heterocycles. The Balaban J connectivity index is 1.89. The number of benzene rings is 3. The van der Waals surface area contributed by atoms with E-state index in [1.165, 1.54) is 6.08 Å². The Morgan fingerprint density at radius 2 is 1.36 bits per heavy atom. The van der Waals surface area contributed by atoms with Crippen molar-refractivity contribution in [2.24, 2.45) is 0 Å². The van der Waals surface area contributed by atoms with E-state index in [0.29, 0.717) is 18.8 Å². The highest BCUT2D eigenvalue weighted by Crippen LogP contribution is 2.31. The third-order valence-electron chi connectivity index (χ3n) is 4.90. The number of rotatable bonds is 10. The van der Waals surface area contributed by atoms with E-state index in [1.807, 2.05) is 67.6 Å². The van der Waals surface area contributed by atoms with Crippen molar-refractivity contribution in [1.82, 2.24) is 0 Å². The van der Waals surface area contributed by atoms with Crippen molar-refractivity contribution in [1.29, 1.82) is 0 Å². The summed E-state index contributed by atoms with van der Waals surface area (Å²) in [4.78, 5) is 0. The van der Waals surface area contributed by atoms with E-state index in [1.54, 1.807) is 6.08 Å². The van der Waals surface area contributed by atoms with Gasteiger partial charge in [-0.25, -0.2) is 8.78 Å². The highest BCUT2D eigenvalue weighted by Gasteiger charge is 2.19. The molecule has 0 saturated heterocycles. The van der Waals surface area contributed by atoms with Crippen molar-refractivity contribution in [2.75, 3.05) is 0 Å². The van der Waals surface area contributed by atoms with Gasteiger partial charge in [-0.05, 0) is 23.3 Å². The first-order valence-electron chi connectivity index (χ1n) is 10.6. The van der Waals surface area contributed by atoms with Crippen molar-refractivity contribution in [2.45, 2.75) is 26.6 Å². The quantitative estimate of drug-likeness (QED) is 0.261. The van der Waals surface area contributed by atoms with E-state index in [0.717, 1.165) is 23.3 Å². The van der Waals surface area contributed by atoms with Gasteiger partial charge in [0.1, 0.15) is 36.4 Å². The molecule has 1 N–H and O–H groups in total. The summed E-state index contributed by atoms with van der Waals surface area (Å²) in [5.41, 5.74) is 1.68. The molecule has 0 aliphatic carbocycles. The average molecular weight is 449 g/mol. The summed E-state index contributed by atoms with van der Waals surface area (Å²) >= 11 is 0. The predicted octanol–water partition coefficient (Wildman–Crippen LogP) is 7.30. The minimum Gasteiger partial charge on any atom is -0.508 e. The van der Waals surface area contributed by atoms with E-state index in [2.05, 4.69) is 6.58 Å². The van der Waals surface area contributed by atoms with Gasteiger partial charge in [-0.2, -0.15) is 0 Å². The summed E-state index contributed by atoms with van der Waals surface area (Å²) in [5, 5.41) is 9.54. The Labute approximate surface area is 192 Å². The minimum atomic E-state index is -0.917. The molecule has 0 radical (unpaired) electrons. The van der Waals surface area contributed by atoms with E-state index in [4.69, 9.17) is 9.47 Å². The molecule has 0 spiro atoms. The summed E-state index contributed by atoms with van der Waals surface area (Å²) in [5.74, 6) is -1.61. The standard InChI is InChI=1S/C28H26F2O3/c1-3-24(33-19-22-12-8-5-9-13-22)14-15-25(28-26(29)16-23(31)17-27(28)30)20(2)32-18-21-10-6-4-7-11-21/h4-17,31H,2-3,18-19H2,1H3/b24-14+,25-15+. The molecule has 0 aliphatic rings. The molecule has 5 heteroatoms. The maximum Gasteiger partial charge on any atom is 0.137 e. The summed E-state index contributed by atoms with van der Waals surface area (Å²) in [7, 11) is 0. The van der Waals surface area contributed by atoms with Gasteiger partial charge in [-0.1, -0.05) is 74.2 Å². The highest BCUT2D eigenvalue weighted by atomic mass is 19.1. The van der Waals surface area contributed by atoms with Crippen LogP contribution in [0.5, 0.6) is 5.75 Å². The number of ether oxygens (including phenoxy) is 2. The van der Waals surface area contributed by atoms with Crippen LogP contribution in [0.2, 0.25) is 0 Å². The van der Waals surface area contributed by atoms with Gasteiger partial charge in [-0.3, -0.25) is 0 Å². The van der Waals surface area contributed by atoms with Crippen LogP contribution in [0, 0.1) is 11.6 Å². The molecule has 170 valence electrons.